The van der Waals surface area contributed by atoms with Gasteiger partial charge in [-0.25, -0.2) is 0 Å². The Bertz CT molecular complexity index is 525. The largest absolute Gasteiger partial charge is 0.299 e. The van der Waals surface area contributed by atoms with Crippen LogP contribution in [0.4, 0.5) is 0 Å². The van der Waals surface area contributed by atoms with Crippen molar-refractivity contribution >= 4 is 10.9 Å². The van der Waals surface area contributed by atoms with Crippen LogP contribution >= 0.6 is 0 Å². The summed E-state index contributed by atoms with van der Waals surface area (Å²) in [6.45, 7) is 1.67. The number of pyridine rings is 1. The molecule has 0 unspecified atom stereocenters. The molecule has 0 bridgehead atoms. The predicted octanol–water partition coefficient (Wildman–Crippen LogP) is 2.11. The SMILES string of the molecule is Cc1nc2ccccc2cc1O[N+](=O)[O-]. The Hall–Kier alpha value is -2.17. The first-order valence-electron chi connectivity index (χ1n) is 4.35. The summed E-state index contributed by atoms with van der Waals surface area (Å²) in [5.74, 6) is 0.179. The topological polar surface area (TPSA) is 65.3 Å². The molecule has 1 heterocycles. The molecule has 15 heavy (non-hydrogen) atoms. The van der Waals surface area contributed by atoms with Crippen LogP contribution in [0.2, 0.25) is 0 Å². The summed E-state index contributed by atoms with van der Waals surface area (Å²) in [7, 11) is 0. The highest BCUT2D eigenvalue weighted by Gasteiger charge is 2.06. The first-order chi connectivity index (χ1) is 7.16. The summed E-state index contributed by atoms with van der Waals surface area (Å²) < 4.78 is 0. The fourth-order valence-electron chi connectivity index (χ4n) is 1.37. The molecule has 0 radical (unpaired) electrons. The van der Waals surface area contributed by atoms with Crippen molar-refractivity contribution in [2.24, 2.45) is 0 Å². The number of nitrogens with zero attached hydrogens (tertiary/aromatic N) is 2. The summed E-state index contributed by atoms with van der Waals surface area (Å²) >= 11 is 0. The number of benzene rings is 1. The monoisotopic (exact) mass is 204 g/mol. The lowest BCUT2D eigenvalue weighted by molar-refractivity contribution is -0.711. The van der Waals surface area contributed by atoms with Gasteiger partial charge < -0.3 is 0 Å². The van der Waals surface area contributed by atoms with E-state index in [1.807, 2.05) is 24.3 Å². The van der Waals surface area contributed by atoms with E-state index in [0.29, 0.717) is 5.69 Å². The van der Waals surface area contributed by atoms with Crippen molar-refractivity contribution in [3.05, 3.63) is 46.1 Å². The Balaban J connectivity index is 2.56. The van der Waals surface area contributed by atoms with Gasteiger partial charge in [0, 0.05) is 5.39 Å². The molecule has 5 nitrogen and oxygen atoms in total. The Kier molecular flexibility index (Phi) is 2.21. The van der Waals surface area contributed by atoms with Crippen LogP contribution in [0.1, 0.15) is 5.69 Å². The highest BCUT2D eigenvalue weighted by molar-refractivity contribution is 5.80. The molecule has 0 fully saturated rings. The van der Waals surface area contributed by atoms with Crippen molar-refractivity contribution in [2.75, 3.05) is 0 Å². The van der Waals surface area contributed by atoms with Gasteiger partial charge in [-0.2, -0.15) is 0 Å². The maximum atomic E-state index is 10.2. The van der Waals surface area contributed by atoms with Gasteiger partial charge in [-0.1, -0.05) is 18.2 Å². The van der Waals surface area contributed by atoms with Crippen LogP contribution in [-0.2, 0) is 0 Å². The lowest BCUT2D eigenvalue weighted by Gasteiger charge is -2.04. The number of aryl methyl sites for hydroxylation is 1. The predicted molar refractivity (Wildman–Crippen MR) is 54.1 cm³/mol. The van der Waals surface area contributed by atoms with Crippen molar-refractivity contribution in [3.63, 3.8) is 0 Å². The van der Waals surface area contributed by atoms with Gasteiger partial charge in [0.2, 0.25) is 0 Å². The molecule has 0 amide bonds. The molecule has 1 aromatic heterocycles. The lowest BCUT2D eigenvalue weighted by atomic mass is 10.2. The van der Waals surface area contributed by atoms with Crippen LogP contribution in [0.3, 0.4) is 0 Å². The van der Waals surface area contributed by atoms with Gasteiger partial charge in [-0.05, 0) is 19.1 Å². The van der Waals surface area contributed by atoms with Crippen LogP contribution in [0.15, 0.2) is 30.3 Å². The molecular formula is C10H8N2O3. The third kappa shape index (κ3) is 1.85. The number of aromatic nitrogens is 1. The number of hydrogen-bond acceptors (Lipinski definition) is 4. The molecule has 0 aliphatic carbocycles. The molecule has 2 aromatic rings. The molecule has 0 atom stereocenters. The molecule has 0 saturated heterocycles. The van der Waals surface area contributed by atoms with Crippen LogP contribution in [0, 0.1) is 17.0 Å². The van der Waals surface area contributed by atoms with Gasteiger partial charge in [0.05, 0.1) is 11.2 Å². The van der Waals surface area contributed by atoms with Crippen molar-refractivity contribution in [1.82, 2.24) is 4.98 Å². The van der Waals surface area contributed by atoms with Gasteiger partial charge in [0.15, 0.2) is 0 Å². The first kappa shape index (κ1) is 9.39. The molecule has 1 aromatic carbocycles. The van der Waals surface area contributed by atoms with Gasteiger partial charge in [-0.15, -0.1) is 10.1 Å². The van der Waals surface area contributed by atoms with Gasteiger partial charge in [0.25, 0.3) is 5.09 Å². The molecule has 0 N–H and O–H groups in total. The summed E-state index contributed by atoms with van der Waals surface area (Å²) in [4.78, 5) is 18.8. The summed E-state index contributed by atoms with van der Waals surface area (Å²) in [5, 5.41) is 10.2. The Morgan fingerprint density at radius 2 is 2.13 bits per heavy atom. The van der Waals surface area contributed by atoms with E-state index in [0.717, 1.165) is 10.9 Å². The minimum Gasteiger partial charge on any atom is -0.274 e. The van der Waals surface area contributed by atoms with E-state index in [1.165, 1.54) is 0 Å². The second-order valence-electron chi connectivity index (χ2n) is 3.08. The van der Waals surface area contributed by atoms with Crippen molar-refractivity contribution in [3.8, 4) is 5.75 Å². The van der Waals surface area contributed by atoms with E-state index in [2.05, 4.69) is 9.82 Å². The van der Waals surface area contributed by atoms with Crippen LogP contribution in [0.25, 0.3) is 10.9 Å². The Morgan fingerprint density at radius 1 is 1.40 bits per heavy atom. The molecule has 0 spiro atoms. The summed E-state index contributed by atoms with van der Waals surface area (Å²) in [6, 6.07) is 8.99. The van der Waals surface area contributed by atoms with E-state index in [-0.39, 0.29) is 5.75 Å². The fourth-order valence-corrected chi connectivity index (χ4v) is 1.37. The van der Waals surface area contributed by atoms with Gasteiger partial charge in [-0.3, -0.25) is 9.82 Å². The average molecular weight is 204 g/mol. The highest BCUT2D eigenvalue weighted by atomic mass is 17.0. The quantitative estimate of drug-likeness (QED) is 0.555. The van der Waals surface area contributed by atoms with Crippen LogP contribution in [0.5, 0.6) is 5.75 Å². The van der Waals surface area contributed by atoms with Crippen molar-refractivity contribution < 1.29 is 9.92 Å². The minimum atomic E-state index is -0.835. The van der Waals surface area contributed by atoms with Gasteiger partial charge in [0.1, 0.15) is 5.75 Å². The Labute approximate surface area is 85.4 Å². The van der Waals surface area contributed by atoms with Crippen molar-refractivity contribution in [2.45, 2.75) is 6.92 Å². The minimum absolute atomic E-state index is 0.179. The molecule has 76 valence electrons. The van der Waals surface area contributed by atoms with Crippen LogP contribution < -0.4 is 4.84 Å². The highest BCUT2D eigenvalue weighted by Crippen LogP contribution is 2.22. The normalized spacial score (nSPS) is 10.2. The second kappa shape index (κ2) is 3.53. The lowest BCUT2D eigenvalue weighted by Crippen LogP contribution is -2.05. The second-order valence-corrected chi connectivity index (χ2v) is 3.08. The zero-order valence-corrected chi connectivity index (χ0v) is 8.01. The first-order valence-corrected chi connectivity index (χ1v) is 4.35. The molecule has 0 aliphatic heterocycles. The maximum Gasteiger partial charge on any atom is 0.299 e. The molecule has 2 rings (SSSR count). The smallest absolute Gasteiger partial charge is 0.274 e. The Morgan fingerprint density at radius 3 is 2.87 bits per heavy atom. The third-order valence-electron chi connectivity index (χ3n) is 2.04. The van der Waals surface area contributed by atoms with Crippen LogP contribution in [-0.4, -0.2) is 10.1 Å². The molecule has 0 saturated carbocycles. The third-order valence-corrected chi connectivity index (χ3v) is 2.04. The zero-order chi connectivity index (χ0) is 10.8. The van der Waals surface area contributed by atoms with E-state index < -0.39 is 5.09 Å². The van der Waals surface area contributed by atoms with Gasteiger partial charge >= 0.3 is 0 Å². The molecule has 5 heteroatoms. The zero-order valence-electron chi connectivity index (χ0n) is 8.01. The average Bonchev–Trinajstić information content (AvgIpc) is 2.18. The number of para-hydroxylation sites is 1. The van der Waals surface area contributed by atoms with E-state index in [9.17, 15) is 10.1 Å². The summed E-state index contributed by atoms with van der Waals surface area (Å²) in [6.07, 6.45) is 0. The molecular weight excluding hydrogens is 196 g/mol. The number of hydrogen-bond donors (Lipinski definition) is 0. The fraction of sp³-hybridized carbons (Fsp3) is 0.100. The van der Waals surface area contributed by atoms with E-state index in [4.69, 9.17) is 0 Å². The summed E-state index contributed by atoms with van der Waals surface area (Å²) in [5.41, 5.74) is 1.30. The molecule has 0 aliphatic rings. The standard InChI is InChI=1S/C10H8N2O3/c1-7-10(15-12(13)14)6-8-4-2-3-5-9(8)11-7/h2-6H,1H3. The number of rotatable bonds is 2. The van der Waals surface area contributed by atoms with E-state index in [1.54, 1.807) is 13.0 Å². The number of fused-ring (bicyclic) bond motifs is 1. The van der Waals surface area contributed by atoms with Crippen molar-refractivity contribution in [1.29, 1.82) is 0 Å². The van der Waals surface area contributed by atoms with E-state index >= 15 is 0 Å². The maximum absolute atomic E-state index is 10.2.